The van der Waals surface area contributed by atoms with E-state index in [0.717, 1.165) is 16.3 Å². The van der Waals surface area contributed by atoms with E-state index in [-0.39, 0.29) is 12.5 Å². The Morgan fingerprint density at radius 1 is 0.853 bits per heavy atom. The molecule has 0 saturated heterocycles. The molecule has 1 N–H and O–H groups in total. The molecule has 0 atom stereocenters. The summed E-state index contributed by atoms with van der Waals surface area (Å²) in [6.07, 6.45) is 0. The average molecular weight is 451 g/mol. The second kappa shape index (κ2) is 9.46. The maximum absolute atomic E-state index is 13.2. The van der Waals surface area contributed by atoms with E-state index in [1.807, 2.05) is 72.8 Å². The van der Waals surface area contributed by atoms with Gasteiger partial charge in [-0.2, -0.15) is 0 Å². The van der Waals surface area contributed by atoms with Crippen LogP contribution in [0.1, 0.15) is 16.2 Å². The fourth-order valence-corrected chi connectivity index (χ4v) is 3.60. The van der Waals surface area contributed by atoms with Crippen LogP contribution in [0.2, 0.25) is 0 Å². The SMILES string of the molecule is COc1ccccc1NC(=O)c1cc2ccccc2cc1OCc1nnc(-c2ccccc2)o1. The van der Waals surface area contributed by atoms with Crippen molar-refractivity contribution in [1.29, 1.82) is 0 Å². The van der Waals surface area contributed by atoms with Gasteiger partial charge in [0.15, 0.2) is 6.61 Å². The van der Waals surface area contributed by atoms with Crippen molar-refractivity contribution < 1.29 is 18.7 Å². The Balaban J connectivity index is 1.43. The number of rotatable bonds is 7. The van der Waals surface area contributed by atoms with Gasteiger partial charge in [-0.1, -0.05) is 54.6 Å². The van der Waals surface area contributed by atoms with Crippen molar-refractivity contribution in [3.8, 4) is 23.0 Å². The highest BCUT2D eigenvalue weighted by Gasteiger charge is 2.17. The van der Waals surface area contributed by atoms with Gasteiger partial charge in [0, 0.05) is 5.56 Å². The lowest BCUT2D eigenvalue weighted by Gasteiger charge is -2.14. The standard InChI is InChI=1S/C27H21N3O4/c1-32-23-14-8-7-13-22(23)28-26(31)21-15-19-11-5-6-12-20(19)16-24(21)33-17-25-29-30-27(34-25)18-9-3-2-4-10-18/h2-16H,17H2,1H3,(H,28,31). The number of aromatic nitrogens is 2. The van der Waals surface area contributed by atoms with Crippen LogP contribution in [0.4, 0.5) is 5.69 Å². The zero-order valence-corrected chi connectivity index (χ0v) is 18.4. The topological polar surface area (TPSA) is 86.5 Å². The molecule has 0 unspecified atom stereocenters. The van der Waals surface area contributed by atoms with Gasteiger partial charge < -0.3 is 19.2 Å². The van der Waals surface area contributed by atoms with Gasteiger partial charge in [0.2, 0.25) is 5.89 Å². The van der Waals surface area contributed by atoms with Crippen molar-refractivity contribution >= 4 is 22.4 Å². The van der Waals surface area contributed by atoms with E-state index in [2.05, 4.69) is 15.5 Å². The first-order valence-corrected chi connectivity index (χ1v) is 10.7. The lowest BCUT2D eigenvalue weighted by molar-refractivity contribution is 0.102. The lowest BCUT2D eigenvalue weighted by Crippen LogP contribution is -2.14. The molecule has 5 aromatic rings. The van der Waals surface area contributed by atoms with E-state index in [0.29, 0.717) is 34.5 Å². The number of carbonyl (C=O) groups is 1. The third-order valence-corrected chi connectivity index (χ3v) is 5.29. The molecule has 5 rings (SSSR count). The summed E-state index contributed by atoms with van der Waals surface area (Å²) in [4.78, 5) is 13.2. The number of carbonyl (C=O) groups excluding carboxylic acids is 1. The quantitative estimate of drug-likeness (QED) is 0.340. The summed E-state index contributed by atoms with van der Waals surface area (Å²) in [5, 5.41) is 12.9. The van der Waals surface area contributed by atoms with Gasteiger partial charge in [0.1, 0.15) is 11.5 Å². The predicted molar refractivity (Wildman–Crippen MR) is 129 cm³/mol. The molecule has 168 valence electrons. The lowest BCUT2D eigenvalue weighted by atomic mass is 10.1. The van der Waals surface area contributed by atoms with Gasteiger partial charge in [-0.15, -0.1) is 10.2 Å². The number of methoxy groups -OCH3 is 1. The number of ether oxygens (including phenoxy) is 2. The number of fused-ring (bicyclic) bond motifs is 1. The molecular formula is C27H21N3O4. The van der Waals surface area contributed by atoms with Crippen molar-refractivity contribution in [3.05, 3.63) is 102 Å². The number of benzene rings is 4. The Labute approximate surface area is 196 Å². The van der Waals surface area contributed by atoms with Crippen molar-refractivity contribution in [3.63, 3.8) is 0 Å². The molecule has 0 bridgehead atoms. The van der Waals surface area contributed by atoms with Crippen LogP contribution in [0.5, 0.6) is 11.5 Å². The molecule has 7 nitrogen and oxygen atoms in total. The number of hydrogen-bond donors (Lipinski definition) is 1. The summed E-state index contributed by atoms with van der Waals surface area (Å²) >= 11 is 0. The molecule has 0 saturated carbocycles. The van der Waals surface area contributed by atoms with Crippen LogP contribution in [-0.2, 0) is 6.61 Å². The summed E-state index contributed by atoms with van der Waals surface area (Å²) in [6, 6.07) is 28.1. The van der Waals surface area contributed by atoms with Crippen LogP contribution in [0, 0.1) is 0 Å². The van der Waals surface area contributed by atoms with Gasteiger partial charge in [0.05, 0.1) is 18.4 Å². The number of hydrogen-bond acceptors (Lipinski definition) is 6. The van der Waals surface area contributed by atoms with E-state index in [9.17, 15) is 4.79 Å². The Hall–Kier alpha value is -4.65. The van der Waals surface area contributed by atoms with Gasteiger partial charge in [-0.3, -0.25) is 4.79 Å². The van der Waals surface area contributed by atoms with Crippen LogP contribution in [-0.4, -0.2) is 23.2 Å². The summed E-state index contributed by atoms with van der Waals surface area (Å²) < 4.78 is 17.1. The monoisotopic (exact) mass is 451 g/mol. The van der Waals surface area contributed by atoms with E-state index in [4.69, 9.17) is 13.9 Å². The van der Waals surface area contributed by atoms with E-state index < -0.39 is 0 Å². The minimum atomic E-state index is -0.319. The third-order valence-electron chi connectivity index (χ3n) is 5.29. The normalized spacial score (nSPS) is 10.7. The van der Waals surface area contributed by atoms with E-state index in [1.165, 1.54) is 0 Å². The molecule has 1 heterocycles. The van der Waals surface area contributed by atoms with Crippen LogP contribution in [0.3, 0.4) is 0 Å². The third kappa shape index (κ3) is 4.45. The predicted octanol–water partition coefficient (Wildman–Crippen LogP) is 5.73. The molecule has 0 spiro atoms. The molecule has 0 aliphatic heterocycles. The number of anilines is 1. The smallest absolute Gasteiger partial charge is 0.259 e. The summed E-state index contributed by atoms with van der Waals surface area (Å²) in [5.74, 6) is 1.37. The summed E-state index contributed by atoms with van der Waals surface area (Å²) in [7, 11) is 1.56. The minimum absolute atomic E-state index is 0.0209. The Kier molecular flexibility index (Phi) is 5.90. The minimum Gasteiger partial charge on any atom is -0.495 e. The summed E-state index contributed by atoms with van der Waals surface area (Å²) in [6.45, 7) is 0.0209. The molecular weight excluding hydrogens is 430 g/mol. The van der Waals surface area contributed by atoms with Crippen molar-refractivity contribution in [2.45, 2.75) is 6.61 Å². The number of nitrogens with zero attached hydrogens (tertiary/aromatic N) is 2. The largest absolute Gasteiger partial charge is 0.495 e. The van der Waals surface area contributed by atoms with E-state index in [1.54, 1.807) is 25.3 Å². The molecule has 4 aromatic carbocycles. The van der Waals surface area contributed by atoms with Gasteiger partial charge >= 0.3 is 0 Å². The second-order valence-corrected chi connectivity index (χ2v) is 7.51. The van der Waals surface area contributed by atoms with Gasteiger partial charge in [-0.25, -0.2) is 0 Å². The first-order chi connectivity index (χ1) is 16.7. The number of nitrogens with one attached hydrogen (secondary N) is 1. The van der Waals surface area contributed by atoms with Crippen molar-refractivity contribution in [2.24, 2.45) is 0 Å². The molecule has 0 aliphatic rings. The molecule has 1 amide bonds. The number of para-hydroxylation sites is 2. The first kappa shape index (κ1) is 21.2. The first-order valence-electron chi connectivity index (χ1n) is 10.7. The molecule has 0 radical (unpaired) electrons. The molecule has 1 aromatic heterocycles. The molecule has 34 heavy (non-hydrogen) atoms. The second-order valence-electron chi connectivity index (χ2n) is 7.51. The van der Waals surface area contributed by atoms with Crippen molar-refractivity contribution in [2.75, 3.05) is 12.4 Å². The van der Waals surface area contributed by atoms with Crippen LogP contribution >= 0.6 is 0 Å². The fraction of sp³-hybridized carbons (Fsp3) is 0.0741. The Morgan fingerprint density at radius 3 is 2.35 bits per heavy atom. The zero-order chi connectivity index (χ0) is 23.3. The maximum Gasteiger partial charge on any atom is 0.259 e. The van der Waals surface area contributed by atoms with Gasteiger partial charge in [-0.05, 0) is 47.2 Å². The average Bonchev–Trinajstić information content (AvgIpc) is 3.37. The Bertz CT molecular complexity index is 1450. The van der Waals surface area contributed by atoms with Crippen molar-refractivity contribution in [1.82, 2.24) is 10.2 Å². The molecule has 7 heteroatoms. The maximum atomic E-state index is 13.2. The Morgan fingerprint density at radius 2 is 1.56 bits per heavy atom. The fourth-order valence-electron chi connectivity index (χ4n) is 3.60. The molecule has 0 fully saturated rings. The number of amides is 1. The van der Waals surface area contributed by atoms with Crippen LogP contribution in [0.15, 0.2) is 95.4 Å². The highest BCUT2D eigenvalue weighted by Crippen LogP contribution is 2.30. The zero-order valence-electron chi connectivity index (χ0n) is 18.4. The molecule has 0 aliphatic carbocycles. The van der Waals surface area contributed by atoms with Crippen LogP contribution in [0.25, 0.3) is 22.2 Å². The van der Waals surface area contributed by atoms with Crippen LogP contribution < -0.4 is 14.8 Å². The van der Waals surface area contributed by atoms with Gasteiger partial charge in [0.25, 0.3) is 11.8 Å². The summed E-state index contributed by atoms with van der Waals surface area (Å²) in [5.41, 5.74) is 1.77. The highest BCUT2D eigenvalue weighted by atomic mass is 16.5. The van der Waals surface area contributed by atoms with E-state index >= 15 is 0 Å². The highest BCUT2D eigenvalue weighted by molar-refractivity contribution is 6.09.